The lowest BCUT2D eigenvalue weighted by Crippen LogP contribution is -2.25. The molecule has 0 bridgehead atoms. The van der Waals surface area contributed by atoms with Crippen LogP contribution in [0.2, 0.25) is 0 Å². The Morgan fingerprint density at radius 2 is 0.718 bits per heavy atom. The third-order valence-corrected chi connectivity index (χ3v) is 14.9. The molecule has 12 aromatic rings. The maximum Gasteiger partial charge on any atom is 0.0540 e. The lowest BCUT2D eigenvalue weighted by molar-refractivity contribution is 0.714. The molecule has 1 atom stereocenters. The van der Waals surface area contributed by atoms with Gasteiger partial charge in [-0.1, -0.05) is 249 Å². The van der Waals surface area contributed by atoms with Gasteiger partial charge < -0.3 is 4.90 Å². The SMILES string of the molecule is CC1(c2ccccc2)c2ccccc2-c2cccc(N(c3ccc(-c4ccc(-c5ccccc5)cc4)cc3)c3ccccc3-c3ccc4c(c3)c(-c3ccccc3)c(-c3ccccc3)c3ccccc34)c21. The number of fused-ring (bicyclic) bond motifs is 6. The highest BCUT2D eigenvalue weighted by atomic mass is 15.1. The topological polar surface area (TPSA) is 3.24 Å². The summed E-state index contributed by atoms with van der Waals surface area (Å²) in [5.74, 6) is 0. The van der Waals surface area contributed by atoms with Gasteiger partial charge in [0.1, 0.15) is 0 Å². The van der Waals surface area contributed by atoms with E-state index in [0.717, 1.165) is 28.2 Å². The van der Waals surface area contributed by atoms with Crippen LogP contribution in [0.1, 0.15) is 23.6 Å². The first-order chi connectivity index (χ1) is 35.1. The van der Waals surface area contributed by atoms with Gasteiger partial charge in [0.15, 0.2) is 0 Å². The van der Waals surface area contributed by atoms with Crippen molar-refractivity contribution in [3.05, 3.63) is 296 Å². The monoisotopic (exact) mass is 903 g/mol. The number of rotatable bonds is 9. The fourth-order valence-electron chi connectivity index (χ4n) is 11.6. The molecule has 13 rings (SSSR count). The predicted octanol–water partition coefficient (Wildman–Crippen LogP) is 19.1. The van der Waals surface area contributed by atoms with Crippen LogP contribution in [-0.4, -0.2) is 0 Å². The van der Waals surface area contributed by atoms with E-state index in [4.69, 9.17) is 0 Å². The molecule has 0 saturated heterocycles. The van der Waals surface area contributed by atoms with Crippen LogP contribution < -0.4 is 4.90 Å². The lowest BCUT2D eigenvalue weighted by atomic mass is 9.73. The summed E-state index contributed by atoms with van der Waals surface area (Å²) in [6.07, 6.45) is 0. The van der Waals surface area contributed by atoms with E-state index >= 15 is 0 Å². The van der Waals surface area contributed by atoms with Crippen LogP contribution in [0.25, 0.3) is 88.3 Å². The van der Waals surface area contributed by atoms with Gasteiger partial charge in [0.25, 0.3) is 0 Å². The molecule has 334 valence electrons. The molecule has 0 heterocycles. The Morgan fingerprint density at radius 3 is 1.37 bits per heavy atom. The Balaban J connectivity index is 1.04. The minimum absolute atomic E-state index is 0.431. The highest BCUT2D eigenvalue weighted by Gasteiger charge is 2.43. The Labute approximate surface area is 416 Å². The van der Waals surface area contributed by atoms with Gasteiger partial charge in [-0.05, 0) is 137 Å². The van der Waals surface area contributed by atoms with Crippen LogP contribution in [0.4, 0.5) is 17.1 Å². The molecule has 0 spiro atoms. The van der Waals surface area contributed by atoms with Gasteiger partial charge in [0.2, 0.25) is 0 Å². The summed E-state index contributed by atoms with van der Waals surface area (Å²) in [6.45, 7) is 2.42. The maximum absolute atomic E-state index is 2.53. The zero-order chi connectivity index (χ0) is 47.3. The molecule has 0 radical (unpaired) electrons. The summed E-state index contributed by atoms with van der Waals surface area (Å²) < 4.78 is 0. The highest BCUT2D eigenvalue weighted by molar-refractivity contribution is 6.22. The maximum atomic E-state index is 2.53. The molecule has 1 unspecified atom stereocenters. The van der Waals surface area contributed by atoms with E-state index < -0.39 is 5.41 Å². The van der Waals surface area contributed by atoms with Crippen molar-refractivity contribution in [2.75, 3.05) is 4.90 Å². The molecule has 0 amide bonds. The molecule has 0 aliphatic heterocycles. The molecule has 12 aromatic carbocycles. The first-order valence-electron chi connectivity index (χ1n) is 24.7. The molecular weight excluding hydrogens is 855 g/mol. The minimum atomic E-state index is -0.431. The smallest absolute Gasteiger partial charge is 0.0540 e. The highest BCUT2D eigenvalue weighted by Crippen LogP contribution is 2.58. The molecular formula is C70H49N. The van der Waals surface area contributed by atoms with Crippen LogP contribution in [0, 0.1) is 0 Å². The number of hydrogen-bond donors (Lipinski definition) is 0. The molecule has 1 aliphatic carbocycles. The summed E-state index contributed by atoms with van der Waals surface area (Å²) in [5.41, 5.74) is 21.3. The van der Waals surface area contributed by atoms with Crippen molar-refractivity contribution in [2.45, 2.75) is 12.3 Å². The van der Waals surface area contributed by atoms with E-state index in [9.17, 15) is 0 Å². The number of hydrogen-bond acceptors (Lipinski definition) is 1. The largest absolute Gasteiger partial charge is 0.310 e. The average Bonchev–Trinajstić information content (AvgIpc) is 3.72. The minimum Gasteiger partial charge on any atom is -0.310 e. The Morgan fingerprint density at radius 1 is 0.282 bits per heavy atom. The molecule has 0 aromatic heterocycles. The van der Waals surface area contributed by atoms with Crippen molar-refractivity contribution in [3.63, 3.8) is 0 Å². The molecule has 1 aliphatic rings. The van der Waals surface area contributed by atoms with E-state index in [-0.39, 0.29) is 0 Å². The van der Waals surface area contributed by atoms with E-state index in [0.29, 0.717) is 0 Å². The van der Waals surface area contributed by atoms with Gasteiger partial charge in [-0.2, -0.15) is 0 Å². The van der Waals surface area contributed by atoms with Crippen molar-refractivity contribution in [3.8, 4) is 66.8 Å². The van der Waals surface area contributed by atoms with Crippen LogP contribution in [-0.2, 0) is 5.41 Å². The number of benzene rings is 12. The summed E-state index contributed by atoms with van der Waals surface area (Å²) >= 11 is 0. The van der Waals surface area contributed by atoms with Crippen molar-refractivity contribution < 1.29 is 0 Å². The van der Waals surface area contributed by atoms with Crippen LogP contribution in [0.3, 0.4) is 0 Å². The third kappa shape index (κ3) is 7.08. The van der Waals surface area contributed by atoms with E-state index in [1.54, 1.807) is 0 Å². The van der Waals surface area contributed by atoms with Crippen molar-refractivity contribution in [1.29, 1.82) is 0 Å². The van der Waals surface area contributed by atoms with Gasteiger partial charge in [-0.3, -0.25) is 0 Å². The standard InChI is InChI=1S/C70H49N/c1-70(55-27-12-5-13-28-55)64-34-18-16-31-60(64)62-33-20-36-66(69(62)70)71(56-44-41-51(42-45-56)50-39-37-49(38-40-50)48-21-6-2-7-22-48)65-35-19-17-29-57(65)54-43-46-59-58-30-14-15-32-61(58)67(52-23-8-3-9-24-52)68(63(59)47-54)53-25-10-4-11-26-53/h2-47H,1H3. The zero-order valence-corrected chi connectivity index (χ0v) is 39.5. The summed E-state index contributed by atoms with van der Waals surface area (Å²) in [4.78, 5) is 2.53. The second-order valence-electron chi connectivity index (χ2n) is 18.9. The second kappa shape index (κ2) is 17.5. The first-order valence-corrected chi connectivity index (χ1v) is 24.7. The molecule has 0 N–H and O–H groups in total. The fourth-order valence-corrected chi connectivity index (χ4v) is 11.6. The Bertz CT molecular complexity index is 3900. The van der Waals surface area contributed by atoms with E-state index in [1.165, 1.54) is 93.9 Å². The van der Waals surface area contributed by atoms with Crippen LogP contribution in [0.5, 0.6) is 0 Å². The second-order valence-corrected chi connectivity index (χ2v) is 18.9. The lowest BCUT2D eigenvalue weighted by Gasteiger charge is -2.35. The van der Waals surface area contributed by atoms with Crippen molar-refractivity contribution in [2.24, 2.45) is 0 Å². The molecule has 1 nitrogen and oxygen atoms in total. The van der Waals surface area contributed by atoms with Crippen LogP contribution in [0.15, 0.2) is 279 Å². The molecule has 0 saturated carbocycles. The summed E-state index contributed by atoms with van der Waals surface area (Å²) in [6, 6.07) is 103. The molecule has 71 heavy (non-hydrogen) atoms. The van der Waals surface area contributed by atoms with Crippen molar-refractivity contribution in [1.82, 2.24) is 0 Å². The Hall–Kier alpha value is -9.04. The van der Waals surface area contributed by atoms with Gasteiger partial charge in [0.05, 0.1) is 11.4 Å². The van der Waals surface area contributed by atoms with Gasteiger partial charge in [-0.25, -0.2) is 0 Å². The first kappa shape index (κ1) is 42.1. The van der Waals surface area contributed by atoms with E-state index in [2.05, 4.69) is 291 Å². The quantitative estimate of drug-likeness (QED) is 0.130. The molecule has 0 fully saturated rings. The Kier molecular flexibility index (Phi) is 10.4. The number of para-hydroxylation sites is 1. The summed E-state index contributed by atoms with van der Waals surface area (Å²) in [7, 11) is 0. The van der Waals surface area contributed by atoms with Gasteiger partial charge in [-0.15, -0.1) is 0 Å². The van der Waals surface area contributed by atoms with Crippen molar-refractivity contribution >= 4 is 38.6 Å². The van der Waals surface area contributed by atoms with E-state index in [1.807, 2.05) is 0 Å². The van der Waals surface area contributed by atoms with Gasteiger partial charge >= 0.3 is 0 Å². The summed E-state index contributed by atoms with van der Waals surface area (Å²) in [5, 5.41) is 4.96. The number of nitrogens with zero attached hydrogens (tertiary/aromatic N) is 1. The van der Waals surface area contributed by atoms with Crippen LogP contribution >= 0.6 is 0 Å². The predicted molar refractivity (Wildman–Crippen MR) is 301 cm³/mol. The van der Waals surface area contributed by atoms with Gasteiger partial charge in [0, 0.05) is 16.7 Å². The third-order valence-electron chi connectivity index (χ3n) is 14.9. The molecule has 1 heteroatoms. The number of anilines is 3. The normalized spacial score (nSPS) is 13.8. The average molecular weight is 904 g/mol. The zero-order valence-electron chi connectivity index (χ0n) is 39.5. The fraction of sp³-hybridized carbons (Fsp3) is 0.0286.